The van der Waals surface area contributed by atoms with Gasteiger partial charge in [0.25, 0.3) is 11.7 Å². The number of nitrogens with zero attached hydrogens (tertiary/aromatic N) is 2. The average Bonchev–Trinajstić information content (AvgIpc) is 3.14. The number of hydrogen-bond donors (Lipinski definition) is 1. The van der Waals surface area contributed by atoms with Gasteiger partial charge in [0.1, 0.15) is 11.5 Å². The van der Waals surface area contributed by atoms with Gasteiger partial charge in [0.05, 0.1) is 31.4 Å². The van der Waals surface area contributed by atoms with Crippen molar-refractivity contribution in [3.8, 4) is 5.75 Å². The van der Waals surface area contributed by atoms with Crippen molar-refractivity contribution in [2.75, 3.05) is 46.0 Å². The Labute approximate surface area is 227 Å². The molecule has 2 aromatic rings. The number of morpholine rings is 1. The van der Waals surface area contributed by atoms with Gasteiger partial charge in [-0.05, 0) is 61.2 Å². The van der Waals surface area contributed by atoms with E-state index in [4.69, 9.17) is 9.47 Å². The van der Waals surface area contributed by atoms with Gasteiger partial charge in [-0.25, -0.2) is 0 Å². The number of carbonyl (C=O) groups is 2. The summed E-state index contributed by atoms with van der Waals surface area (Å²) in [6.07, 6.45) is 2.73. The molecular weight excluding hydrogens is 536 g/mol. The van der Waals surface area contributed by atoms with E-state index in [0.717, 1.165) is 60.2 Å². The fourth-order valence-corrected chi connectivity index (χ4v) is 5.31. The zero-order valence-electron chi connectivity index (χ0n) is 21.5. The molecule has 4 rings (SSSR count). The summed E-state index contributed by atoms with van der Waals surface area (Å²) < 4.78 is 12.1. The lowest BCUT2D eigenvalue weighted by Gasteiger charge is -2.29. The van der Waals surface area contributed by atoms with E-state index in [1.54, 1.807) is 17.0 Å². The van der Waals surface area contributed by atoms with E-state index in [9.17, 15) is 14.7 Å². The maximum absolute atomic E-state index is 13.3. The van der Waals surface area contributed by atoms with Crippen LogP contribution in [0.1, 0.15) is 48.9 Å². The Morgan fingerprint density at radius 2 is 1.89 bits per heavy atom. The predicted octanol–water partition coefficient (Wildman–Crippen LogP) is 5.08. The Hall–Kier alpha value is -2.68. The topological polar surface area (TPSA) is 79.3 Å². The van der Waals surface area contributed by atoms with Crippen LogP contribution in [0.25, 0.3) is 5.76 Å². The first-order valence-corrected chi connectivity index (χ1v) is 13.8. The molecule has 0 bridgehead atoms. The summed E-state index contributed by atoms with van der Waals surface area (Å²) in [6.45, 7) is 8.99. The first-order valence-electron chi connectivity index (χ1n) is 13.0. The number of hydrogen-bond acceptors (Lipinski definition) is 6. The van der Waals surface area contributed by atoms with Crippen molar-refractivity contribution >= 4 is 33.4 Å². The number of amides is 1. The van der Waals surface area contributed by atoms with E-state index in [1.165, 1.54) is 0 Å². The summed E-state index contributed by atoms with van der Waals surface area (Å²) in [5, 5.41) is 11.4. The van der Waals surface area contributed by atoms with Crippen LogP contribution in [-0.4, -0.2) is 72.6 Å². The van der Waals surface area contributed by atoms with Gasteiger partial charge >= 0.3 is 0 Å². The molecule has 37 heavy (non-hydrogen) atoms. The van der Waals surface area contributed by atoms with E-state index in [0.29, 0.717) is 31.9 Å². The first kappa shape index (κ1) is 27.4. The van der Waals surface area contributed by atoms with Crippen molar-refractivity contribution in [1.82, 2.24) is 9.80 Å². The van der Waals surface area contributed by atoms with E-state index < -0.39 is 17.7 Å². The van der Waals surface area contributed by atoms with Crippen LogP contribution < -0.4 is 4.74 Å². The molecule has 2 heterocycles. The normalized spacial score (nSPS) is 20.0. The number of aryl methyl sites for hydroxylation is 1. The Bertz CT molecular complexity index is 1160. The smallest absolute Gasteiger partial charge is 0.295 e. The van der Waals surface area contributed by atoms with Crippen molar-refractivity contribution in [3.63, 3.8) is 0 Å². The van der Waals surface area contributed by atoms with Gasteiger partial charge in [-0.2, -0.15) is 0 Å². The molecule has 0 saturated carbocycles. The minimum absolute atomic E-state index is 0.122. The summed E-state index contributed by atoms with van der Waals surface area (Å²) in [4.78, 5) is 30.5. The molecule has 8 heteroatoms. The maximum atomic E-state index is 13.3. The summed E-state index contributed by atoms with van der Waals surface area (Å²) >= 11 is 3.51. The number of Topliss-reactive ketones (excluding diaryl/α,β-unsaturated/α-hetero) is 1. The van der Waals surface area contributed by atoms with E-state index >= 15 is 0 Å². The molecule has 1 atom stereocenters. The zero-order chi connectivity index (χ0) is 26.4. The molecule has 2 aromatic carbocycles. The van der Waals surface area contributed by atoms with Crippen molar-refractivity contribution in [2.45, 2.75) is 39.2 Å². The molecule has 0 unspecified atom stereocenters. The molecular formula is C29H35BrN2O5. The Balaban J connectivity index is 1.65. The lowest BCUT2D eigenvalue weighted by Crippen LogP contribution is -2.38. The number of unbranched alkanes of at least 4 members (excludes halogenated alkanes) is 1. The average molecular weight is 572 g/mol. The maximum Gasteiger partial charge on any atom is 0.295 e. The van der Waals surface area contributed by atoms with Crippen LogP contribution >= 0.6 is 15.9 Å². The van der Waals surface area contributed by atoms with Crippen LogP contribution in [-0.2, 0) is 14.3 Å². The molecule has 0 spiro atoms. The van der Waals surface area contributed by atoms with Crippen LogP contribution in [0.15, 0.2) is 52.5 Å². The van der Waals surface area contributed by atoms with Crippen LogP contribution in [0.5, 0.6) is 5.75 Å². The molecule has 0 radical (unpaired) electrons. The van der Waals surface area contributed by atoms with E-state index in [1.807, 2.05) is 37.3 Å². The van der Waals surface area contributed by atoms with Gasteiger partial charge in [0.15, 0.2) is 0 Å². The van der Waals surface area contributed by atoms with Gasteiger partial charge in [0, 0.05) is 36.2 Å². The number of carbonyl (C=O) groups excluding carboxylic acids is 2. The van der Waals surface area contributed by atoms with Gasteiger partial charge in [0.2, 0.25) is 0 Å². The third-order valence-corrected chi connectivity index (χ3v) is 7.39. The zero-order valence-corrected chi connectivity index (χ0v) is 23.1. The fraction of sp³-hybridized carbons (Fsp3) is 0.448. The number of halogens is 1. The molecule has 1 amide bonds. The van der Waals surface area contributed by atoms with E-state index in [2.05, 4.69) is 27.8 Å². The Morgan fingerprint density at radius 3 is 2.59 bits per heavy atom. The number of aliphatic hydroxyl groups excluding tert-OH is 1. The Morgan fingerprint density at radius 1 is 1.11 bits per heavy atom. The van der Waals surface area contributed by atoms with Crippen LogP contribution in [0.2, 0.25) is 0 Å². The van der Waals surface area contributed by atoms with Gasteiger partial charge < -0.3 is 19.5 Å². The summed E-state index contributed by atoms with van der Waals surface area (Å²) in [5.74, 6) is -0.673. The second-order valence-electron chi connectivity index (χ2n) is 9.53. The van der Waals surface area contributed by atoms with E-state index in [-0.39, 0.29) is 11.3 Å². The molecule has 0 aliphatic carbocycles. The third kappa shape index (κ3) is 6.43. The van der Waals surface area contributed by atoms with Crippen molar-refractivity contribution in [1.29, 1.82) is 0 Å². The standard InChI is InChI=1S/C29H35BrN2O5/c1-3-4-15-37-23-9-10-24(20(2)18-23)27(33)25-26(21-7-5-8-22(30)19-21)32(29(35)28(25)34)12-6-11-31-13-16-36-17-14-31/h5,7-10,18-19,26,33H,3-4,6,11-17H2,1-2H3/t26-/m1/s1. The minimum Gasteiger partial charge on any atom is -0.507 e. The molecule has 1 N–H and O–H groups in total. The molecule has 0 aromatic heterocycles. The summed E-state index contributed by atoms with van der Waals surface area (Å²) in [6, 6.07) is 12.3. The molecule has 2 aliphatic heterocycles. The Kier molecular flexibility index (Phi) is 9.40. The lowest BCUT2D eigenvalue weighted by molar-refractivity contribution is -0.140. The number of likely N-dealkylation sites (tertiary alicyclic amines) is 1. The molecule has 2 fully saturated rings. The largest absolute Gasteiger partial charge is 0.507 e. The highest BCUT2D eigenvalue weighted by molar-refractivity contribution is 9.10. The fourth-order valence-electron chi connectivity index (χ4n) is 4.89. The number of aliphatic hydroxyl groups is 1. The number of rotatable bonds is 10. The second kappa shape index (κ2) is 12.7. The molecule has 7 nitrogen and oxygen atoms in total. The molecule has 2 aliphatic rings. The second-order valence-corrected chi connectivity index (χ2v) is 10.4. The quantitative estimate of drug-likeness (QED) is 0.186. The third-order valence-electron chi connectivity index (χ3n) is 6.90. The van der Waals surface area contributed by atoms with Crippen LogP contribution in [0.3, 0.4) is 0 Å². The van der Waals surface area contributed by atoms with Gasteiger partial charge in [-0.3, -0.25) is 14.5 Å². The highest BCUT2D eigenvalue weighted by Crippen LogP contribution is 2.40. The summed E-state index contributed by atoms with van der Waals surface area (Å²) in [7, 11) is 0. The summed E-state index contributed by atoms with van der Waals surface area (Å²) in [5.41, 5.74) is 2.20. The van der Waals surface area contributed by atoms with Crippen molar-refractivity contribution in [3.05, 3.63) is 69.2 Å². The van der Waals surface area contributed by atoms with Gasteiger partial charge in [-0.15, -0.1) is 0 Å². The SMILES string of the molecule is CCCCOc1ccc(C(O)=C2C(=O)C(=O)N(CCCN3CCOCC3)[C@@H]2c2cccc(Br)c2)c(C)c1. The van der Waals surface area contributed by atoms with Crippen LogP contribution in [0, 0.1) is 6.92 Å². The highest BCUT2D eigenvalue weighted by Gasteiger charge is 2.46. The molecule has 2 saturated heterocycles. The monoisotopic (exact) mass is 570 g/mol. The van der Waals surface area contributed by atoms with Gasteiger partial charge in [-0.1, -0.05) is 41.4 Å². The number of ketones is 1. The minimum atomic E-state index is -0.665. The van der Waals surface area contributed by atoms with Crippen molar-refractivity contribution in [2.24, 2.45) is 0 Å². The first-order chi connectivity index (χ1) is 17.9. The van der Waals surface area contributed by atoms with Crippen LogP contribution in [0.4, 0.5) is 0 Å². The number of benzene rings is 2. The lowest BCUT2D eigenvalue weighted by atomic mass is 9.94. The van der Waals surface area contributed by atoms with Crippen molar-refractivity contribution < 1.29 is 24.2 Å². The predicted molar refractivity (Wildman–Crippen MR) is 147 cm³/mol. The number of ether oxygens (including phenoxy) is 2. The highest BCUT2D eigenvalue weighted by atomic mass is 79.9. The molecule has 198 valence electrons.